The lowest BCUT2D eigenvalue weighted by molar-refractivity contribution is 0.668. The third kappa shape index (κ3) is 5.45. The molecule has 0 fully saturated rings. The number of nitrogens with zero attached hydrogens (tertiary/aromatic N) is 3. The molecule has 0 bridgehead atoms. The Kier molecular flexibility index (Phi) is 3.17. The Hall–Kier alpha value is -7.63. The standard InChI is InChI=1S/C51H31N3O2/c1-3-13-32(14-4-1)49-52-50(33-15-5-2-6-16-33)54-51(53-49)37-18-11-17-34(29-37)35-25-27-40-43-30-36(26-28-45(43)56-47(40)31-35)38-19-7-8-20-39(38)41-22-12-24-46-48(41)42-21-9-10-23-44(42)55-46/h1-31H/i1D,2D,3D,4D,5D,6D,7D,8D,9D,10D,11D,12D,13D,14D,15D,16D,17D,18D,19D,20D,21D,22D,23D,24D,25D,26D,27D,28D,29D,30D,31D. The summed E-state index contributed by atoms with van der Waals surface area (Å²) in [5.74, 6) is -2.58. The average Bonchev–Trinajstić information content (AvgIpc) is 1.76. The van der Waals surface area contributed by atoms with E-state index in [2.05, 4.69) is 15.0 Å². The molecule has 56 heavy (non-hydrogen) atoms. The van der Waals surface area contributed by atoms with Gasteiger partial charge in [0.1, 0.15) is 22.3 Å². The molecule has 5 heteroatoms. The van der Waals surface area contributed by atoms with Gasteiger partial charge in [-0.25, -0.2) is 15.0 Å². The van der Waals surface area contributed by atoms with Crippen LogP contribution < -0.4 is 0 Å². The average molecular weight is 749 g/mol. The van der Waals surface area contributed by atoms with Crippen molar-refractivity contribution in [1.82, 2.24) is 15.0 Å². The van der Waals surface area contributed by atoms with Crippen LogP contribution in [0.25, 0.3) is 111 Å². The van der Waals surface area contributed by atoms with Crippen LogP contribution in [0.4, 0.5) is 0 Å². The first kappa shape index (κ1) is 13.6. The number of hydrogen-bond donors (Lipinski definition) is 0. The van der Waals surface area contributed by atoms with Crippen LogP contribution in [0.15, 0.2) is 196 Å². The fraction of sp³-hybridized carbons (Fsp3) is 0. The van der Waals surface area contributed by atoms with E-state index in [4.69, 9.17) is 37.6 Å². The van der Waals surface area contributed by atoms with Crippen molar-refractivity contribution in [2.24, 2.45) is 0 Å². The molecule has 3 aromatic heterocycles. The largest absolute Gasteiger partial charge is 0.456 e. The molecule has 5 nitrogen and oxygen atoms in total. The summed E-state index contributed by atoms with van der Waals surface area (Å²) in [5, 5.41) is -2.24. The lowest BCUT2D eigenvalue weighted by Gasteiger charge is -2.11. The minimum absolute atomic E-state index is 0.472. The number of rotatable bonds is 6. The molecular weight excluding hydrogens is 687 g/mol. The fourth-order valence-electron chi connectivity index (χ4n) is 5.89. The van der Waals surface area contributed by atoms with Crippen LogP contribution in [0.3, 0.4) is 0 Å². The van der Waals surface area contributed by atoms with Crippen molar-refractivity contribution >= 4 is 43.9 Å². The summed E-state index contributed by atoms with van der Waals surface area (Å²) >= 11 is 0. The van der Waals surface area contributed by atoms with Crippen LogP contribution in [0.1, 0.15) is 42.5 Å². The van der Waals surface area contributed by atoms with Gasteiger partial charge in [0.15, 0.2) is 17.5 Å². The first-order chi connectivity index (χ1) is 40.6. The lowest BCUT2D eigenvalue weighted by atomic mass is 9.91. The molecule has 0 N–H and O–H groups in total. The summed E-state index contributed by atoms with van der Waals surface area (Å²) < 4.78 is 287. The summed E-state index contributed by atoms with van der Waals surface area (Å²) in [7, 11) is 0. The maximum Gasteiger partial charge on any atom is 0.164 e. The SMILES string of the molecule is [2H]c1c([2H])c([2H])c(-c2nc(-c3c([2H])c([2H])c([2H])c([2H])c3[2H])nc(-c3c([2H])c([2H])c([2H])c(-c4c([2H])c([2H])c5c(oc6c([2H])c([2H])c(-c7c([2H])c([2H])c([2H])c([2H])c7-c7c([2H])c([2H])c([2H])c8oc9c([2H])c([2H])c([2H])c([2H])c9c78)c([2H])c65)c4[2H])c3[2H])n2)c([2H])c1[2H]. The summed E-state index contributed by atoms with van der Waals surface area (Å²) in [6, 6.07) is -29.0. The Morgan fingerprint density at radius 1 is 0.304 bits per heavy atom. The van der Waals surface area contributed by atoms with Crippen molar-refractivity contribution in [3.05, 3.63) is 187 Å². The maximum absolute atomic E-state index is 9.76. The van der Waals surface area contributed by atoms with Gasteiger partial charge in [-0.15, -0.1) is 0 Å². The number of furan rings is 2. The van der Waals surface area contributed by atoms with Crippen molar-refractivity contribution in [3.63, 3.8) is 0 Å². The topological polar surface area (TPSA) is 65.0 Å². The third-order valence-corrected chi connectivity index (χ3v) is 8.33. The summed E-state index contributed by atoms with van der Waals surface area (Å²) in [5.41, 5.74) is -9.85. The molecule has 0 atom stereocenters. The zero-order valence-electron chi connectivity index (χ0n) is 58.7. The van der Waals surface area contributed by atoms with Crippen LogP contribution in [-0.2, 0) is 0 Å². The summed E-state index contributed by atoms with van der Waals surface area (Å²) in [6.45, 7) is 0. The Labute approximate surface area is 365 Å². The second kappa shape index (κ2) is 13.0. The first-order valence-electron chi connectivity index (χ1n) is 31.7. The van der Waals surface area contributed by atoms with Gasteiger partial charge in [0, 0.05) is 38.2 Å². The van der Waals surface area contributed by atoms with Crippen molar-refractivity contribution in [1.29, 1.82) is 0 Å². The van der Waals surface area contributed by atoms with Gasteiger partial charge in [0.2, 0.25) is 0 Å². The highest BCUT2D eigenvalue weighted by Gasteiger charge is 2.18. The molecule has 8 aromatic carbocycles. The molecular formula is C51H31N3O2. The molecule has 0 amide bonds. The van der Waals surface area contributed by atoms with Gasteiger partial charge in [-0.05, 0) is 75.7 Å². The van der Waals surface area contributed by atoms with Crippen LogP contribution in [0.5, 0.6) is 0 Å². The molecule has 0 radical (unpaired) electrons. The van der Waals surface area contributed by atoms with Gasteiger partial charge < -0.3 is 8.83 Å². The van der Waals surface area contributed by atoms with E-state index in [0.29, 0.717) is 0 Å². The van der Waals surface area contributed by atoms with E-state index in [1.54, 1.807) is 0 Å². The summed E-state index contributed by atoms with van der Waals surface area (Å²) in [4.78, 5) is 12.6. The normalized spacial score (nSPS) is 19.3. The Morgan fingerprint density at radius 3 is 1.62 bits per heavy atom. The molecule has 0 aliphatic rings. The van der Waals surface area contributed by atoms with Gasteiger partial charge in [-0.1, -0.05) is 145 Å². The number of hydrogen-bond acceptors (Lipinski definition) is 5. The van der Waals surface area contributed by atoms with Crippen molar-refractivity contribution in [2.75, 3.05) is 0 Å². The molecule has 0 aliphatic heterocycles. The molecule has 3 heterocycles. The van der Waals surface area contributed by atoms with Gasteiger partial charge in [-0.3, -0.25) is 0 Å². The van der Waals surface area contributed by atoms with Crippen LogP contribution in [-0.4, -0.2) is 15.0 Å². The predicted octanol–water partition coefficient (Wildman–Crippen LogP) is 13.7. The second-order valence-corrected chi connectivity index (χ2v) is 11.6. The molecule has 0 saturated carbocycles. The smallest absolute Gasteiger partial charge is 0.164 e. The van der Waals surface area contributed by atoms with Gasteiger partial charge in [0.05, 0.1) is 42.5 Å². The second-order valence-electron chi connectivity index (χ2n) is 11.6. The van der Waals surface area contributed by atoms with E-state index in [0.717, 1.165) is 0 Å². The summed E-state index contributed by atoms with van der Waals surface area (Å²) in [6.07, 6.45) is 0. The van der Waals surface area contributed by atoms with E-state index in [-0.39, 0.29) is 0 Å². The fourth-order valence-corrected chi connectivity index (χ4v) is 5.89. The van der Waals surface area contributed by atoms with Crippen molar-refractivity contribution < 1.29 is 51.3 Å². The first-order valence-corrected chi connectivity index (χ1v) is 16.2. The number of benzene rings is 8. The highest BCUT2D eigenvalue weighted by molar-refractivity contribution is 6.14. The quantitative estimate of drug-likeness (QED) is 0.169. The zero-order chi connectivity index (χ0) is 64.0. The van der Waals surface area contributed by atoms with E-state index in [1.807, 2.05) is 0 Å². The molecule has 11 aromatic rings. The molecule has 0 saturated heterocycles. The van der Waals surface area contributed by atoms with Gasteiger partial charge in [-0.2, -0.15) is 0 Å². The molecule has 0 unspecified atom stereocenters. The van der Waals surface area contributed by atoms with E-state index < -0.39 is 299 Å². The molecule has 0 spiro atoms. The Bertz CT molecular complexity index is 4930. The minimum Gasteiger partial charge on any atom is -0.456 e. The lowest BCUT2D eigenvalue weighted by Crippen LogP contribution is -2.00. The highest BCUT2D eigenvalue weighted by atomic mass is 16.3. The Morgan fingerprint density at radius 2 is 0.839 bits per heavy atom. The monoisotopic (exact) mass is 748 g/mol. The minimum atomic E-state index is -1.07. The van der Waals surface area contributed by atoms with Crippen LogP contribution in [0, 0.1) is 0 Å². The van der Waals surface area contributed by atoms with Crippen LogP contribution in [0.2, 0.25) is 0 Å². The van der Waals surface area contributed by atoms with Gasteiger partial charge in [0.25, 0.3) is 0 Å². The zero-order valence-corrected chi connectivity index (χ0v) is 27.7. The van der Waals surface area contributed by atoms with Crippen molar-refractivity contribution in [3.8, 4) is 67.5 Å². The third-order valence-electron chi connectivity index (χ3n) is 8.33. The number of aromatic nitrogens is 3. The molecule has 0 aliphatic carbocycles. The molecule has 11 rings (SSSR count). The van der Waals surface area contributed by atoms with E-state index in [1.165, 1.54) is 0 Å². The van der Waals surface area contributed by atoms with E-state index >= 15 is 0 Å². The Balaban J connectivity index is 1.21. The highest BCUT2D eigenvalue weighted by Crippen LogP contribution is 2.42. The maximum atomic E-state index is 9.76. The number of fused-ring (bicyclic) bond motifs is 6. The van der Waals surface area contributed by atoms with E-state index in [9.17, 15) is 13.7 Å². The van der Waals surface area contributed by atoms with Crippen LogP contribution >= 0.6 is 0 Å². The van der Waals surface area contributed by atoms with Gasteiger partial charge >= 0.3 is 0 Å². The predicted molar refractivity (Wildman–Crippen MR) is 227 cm³/mol. The molecule has 262 valence electrons. The van der Waals surface area contributed by atoms with Crippen molar-refractivity contribution in [2.45, 2.75) is 0 Å². The number of para-hydroxylation sites is 1.